The van der Waals surface area contributed by atoms with Crippen molar-refractivity contribution in [2.45, 2.75) is 6.92 Å². The molecule has 55 valence electrons. The first-order valence-electron chi connectivity index (χ1n) is 3.47. The van der Waals surface area contributed by atoms with Crippen molar-refractivity contribution < 1.29 is 4.79 Å². The van der Waals surface area contributed by atoms with E-state index in [1.165, 1.54) is 0 Å². The molecule has 0 spiro atoms. The molecule has 1 radical (unpaired) electrons. The van der Waals surface area contributed by atoms with Gasteiger partial charge in [0.15, 0.2) is 5.78 Å². The van der Waals surface area contributed by atoms with Crippen LogP contribution in [0.25, 0.3) is 0 Å². The predicted molar refractivity (Wildman–Crippen MR) is 44.4 cm³/mol. The van der Waals surface area contributed by atoms with Crippen molar-refractivity contribution in [3.8, 4) is 0 Å². The van der Waals surface area contributed by atoms with Crippen molar-refractivity contribution in [3.05, 3.63) is 48.0 Å². The second-order valence-corrected chi connectivity index (χ2v) is 2.15. The average molecular weight is 145 g/mol. The summed E-state index contributed by atoms with van der Waals surface area (Å²) in [6.45, 7) is 1.83. The Kier molecular flexibility index (Phi) is 2.61. The number of ketones is 1. The van der Waals surface area contributed by atoms with Crippen molar-refractivity contribution in [1.82, 2.24) is 0 Å². The van der Waals surface area contributed by atoms with Gasteiger partial charge in [-0.1, -0.05) is 30.3 Å². The lowest BCUT2D eigenvalue weighted by Gasteiger charge is -1.91. The van der Waals surface area contributed by atoms with Gasteiger partial charge in [0.2, 0.25) is 0 Å². The molecule has 0 N–H and O–H groups in total. The molecular formula is C10H9O. The Labute approximate surface area is 66.4 Å². The van der Waals surface area contributed by atoms with E-state index < -0.39 is 0 Å². The number of benzene rings is 1. The summed E-state index contributed by atoms with van der Waals surface area (Å²) in [5.74, 6) is 0.0431. The highest BCUT2D eigenvalue weighted by atomic mass is 16.1. The number of rotatable bonds is 2. The van der Waals surface area contributed by atoms with E-state index in [1.807, 2.05) is 6.92 Å². The summed E-state index contributed by atoms with van der Waals surface area (Å²) < 4.78 is 0. The summed E-state index contributed by atoms with van der Waals surface area (Å²) in [5, 5.41) is 0. The minimum atomic E-state index is 0.0431. The summed E-state index contributed by atoms with van der Waals surface area (Å²) in [6, 6.07) is 9.82. The second kappa shape index (κ2) is 3.71. The maximum Gasteiger partial charge on any atom is 0.185 e. The Morgan fingerprint density at radius 3 is 2.64 bits per heavy atom. The van der Waals surface area contributed by atoms with E-state index in [4.69, 9.17) is 0 Å². The number of hydrogen-bond donors (Lipinski definition) is 0. The molecule has 0 aliphatic heterocycles. The van der Waals surface area contributed by atoms with Gasteiger partial charge in [0, 0.05) is 5.56 Å². The Hall–Kier alpha value is -1.37. The number of hydrogen-bond acceptors (Lipinski definition) is 1. The van der Waals surface area contributed by atoms with Gasteiger partial charge in [0.05, 0.1) is 0 Å². The fraction of sp³-hybridized carbons (Fsp3) is 0.100. The Bertz CT molecular complexity index is 259. The van der Waals surface area contributed by atoms with E-state index in [0.717, 1.165) is 0 Å². The van der Waals surface area contributed by atoms with Crippen LogP contribution >= 0.6 is 0 Å². The van der Waals surface area contributed by atoms with Crippen LogP contribution in [0.4, 0.5) is 0 Å². The van der Waals surface area contributed by atoms with E-state index >= 15 is 0 Å². The van der Waals surface area contributed by atoms with E-state index in [2.05, 4.69) is 6.07 Å². The topological polar surface area (TPSA) is 17.1 Å². The van der Waals surface area contributed by atoms with Gasteiger partial charge in [0.25, 0.3) is 0 Å². The summed E-state index contributed by atoms with van der Waals surface area (Å²) in [6.07, 6.45) is 3.29. The molecule has 0 saturated heterocycles. The predicted octanol–water partition coefficient (Wildman–Crippen LogP) is 2.25. The molecule has 0 amide bonds. The Morgan fingerprint density at radius 2 is 2.09 bits per heavy atom. The maximum absolute atomic E-state index is 11.1. The first-order valence-corrected chi connectivity index (χ1v) is 3.47. The highest BCUT2D eigenvalue weighted by Gasteiger charge is 1.96. The molecule has 0 unspecified atom stereocenters. The fourth-order valence-electron chi connectivity index (χ4n) is 0.799. The lowest BCUT2D eigenvalue weighted by Crippen LogP contribution is -1.91. The first-order chi connectivity index (χ1) is 5.34. The average Bonchev–Trinajstić information content (AvgIpc) is 2.07. The molecule has 0 atom stereocenters. The van der Waals surface area contributed by atoms with Crippen LogP contribution in [0.2, 0.25) is 0 Å². The highest BCUT2D eigenvalue weighted by Crippen LogP contribution is 1.99. The van der Waals surface area contributed by atoms with Gasteiger partial charge in [0.1, 0.15) is 0 Å². The zero-order valence-corrected chi connectivity index (χ0v) is 6.37. The molecule has 1 aromatic rings. The molecule has 0 aromatic heterocycles. The standard InChI is InChI=1S/C10H9O/c1-2-6-10(11)9-7-4-3-5-8-9/h2,4-8H,1H3. The molecular weight excluding hydrogens is 136 g/mol. The van der Waals surface area contributed by atoms with Gasteiger partial charge >= 0.3 is 0 Å². The van der Waals surface area contributed by atoms with Crippen molar-refractivity contribution in [1.29, 1.82) is 0 Å². The first kappa shape index (κ1) is 7.73. The number of carbonyl (C=O) groups excluding carboxylic acids is 1. The molecule has 1 heteroatoms. The van der Waals surface area contributed by atoms with Crippen LogP contribution < -0.4 is 0 Å². The second-order valence-electron chi connectivity index (χ2n) is 2.15. The number of allylic oxidation sites excluding steroid dienone is 2. The lowest BCUT2D eigenvalue weighted by atomic mass is 10.1. The summed E-state index contributed by atoms with van der Waals surface area (Å²) in [7, 11) is 0. The zero-order chi connectivity index (χ0) is 8.10. The van der Waals surface area contributed by atoms with E-state index in [-0.39, 0.29) is 5.78 Å². The molecule has 0 heterocycles. The molecule has 0 aliphatic carbocycles. The van der Waals surface area contributed by atoms with Gasteiger partial charge < -0.3 is 0 Å². The van der Waals surface area contributed by atoms with Gasteiger partial charge in [-0.2, -0.15) is 0 Å². The van der Waals surface area contributed by atoms with Gasteiger partial charge in [-0.15, -0.1) is 0 Å². The summed E-state index contributed by atoms with van der Waals surface area (Å²) >= 11 is 0. The molecule has 11 heavy (non-hydrogen) atoms. The summed E-state index contributed by atoms with van der Waals surface area (Å²) in [4.78, 5) is 11.1. The van der Waals surface area contributed by atoms with Crippen LogP contribution in [0.5, 0.6) is 0 Å². The lowest BCUT2D eigenvalue weighted by molar-refractivity contribution is 0.104. The van der Waals surface area contributed by atoms with Crippen LogP contribution in [-0.4, -0.2) is 5.78 Å². The quantitative estimate of drug-likeness (QED) is 0.460. The van der Waals surface area contributed by atoms with Gasteiger partial charge in [-0.3, -0.25) is 4.79 Å². The fourth-order valence-corrected chi connectivity index (χ4v) is 0.799. The van der Waals surface area contributed by atoms with Crippen molar-refractivity contribution in [2.75, 3.05) is 0 Å². The Balaban J connectivity index is 2.86. The Morgan fingerprint density at radius 1 is 1.45 bits per heavy atom. The van der Waals surface area contributed by atoms with Crippen LogP contribution in [0.1, 0.15) is 17.3 Å². The third kappa shape index (κ3) is 2.04. The van der Waals surface area contributed by atoms with E-state index in [9.17, 15) is 4.79 Å². The molecule has 0 fully saturated rings. The SMILES string of the molecule is CC=CC(=O)c1cc[c]cc1. The highest BCUT2D eigenvalue weighted by molar-refractivity contribution is 6.04. The minimum absolute atomic E-state index is 0.0431. The molecule has 0 saturated carbocycles. The zero-order valence-electron chi connectivity index (χ0n) is 6.37. The van der Waals surface area contributed by atoms with Crippen LogP contribution in [-0.2, 0) is 0 Å². The normalized spacial score (nSPS) is 10.3. The monoisotopic (exact) mass is 145 g/mol. The van der Waals surface area contributed by atoms with Crippen molar-refractivity contribution in [2.24, 2.45) is 0 Å². The molecule has 1 nitrogen and oxygen atoms in total. The molecule has 1 aromatic carbocycles. The van der Waals surface area contributed by atoms with Crippen LogP contribution in [0, 0.1) is 6.07 Å². The van der Waals surface area contributed by atoms with Crippen LogP contribution in [0.15, 0.2) is 36.4 Å². The van der Waals surface area contributed by atoms with E-state index in [1.54, 1.807) is 36.4 Å². The van der Waals surface area contributed by atoms with Gasteiger partial charge in [-0.25, -0.2) is 0 Å². The van der Waals surface area contributed by atoms with Crippen molar-refractivity contribution in [3.63, 3.8) is 0 Å². The third-order valence-electron chi connectivity index (χ3n) is 1.32. The van der Waals surface area contributed by atoms with E-state index in [0.29, 0.717) is 5.56 Å². The molecule has 1 rings (SSSR count). The molecule has 0 bridgehead atoms. The maximum atomic E-state index is 11.1. The van der Waals surface area contributed by atoms with Crippen molar-refractivity contribution >= 4 is 5.78 Å². The molecule has 0 aliphatic rings. The smallest absolute Gasteiger partial charge is 0.185 e. The number of carbonyl (C=O) groups is 1. The van der Waals surface area contributed by atoms with Crippen LogP contribution in [0.3, 0.4) is 0 Å². The largest absolute Gasteiger partial charge is 0.289 e. The summed E-state index contributed by atoms with van der Waals surface area (Å²) in [5.41, 5.74) is 0.710. The van der Waals surface area contributed by atoms with Gasteiger partial charge in [-0.05, 0) is 19.1 Å². The third-order valence-corrected chi connectivity index (χ3v) is 1.32. The minimum Gasteiger partial charge on any atom is -0.289 e.